The Balaban J connectivity index is 1.70. The van der Waals surface area contributed by atoms with Crippen LogP contribution in [0, 0.1) is 0 Å². The minimum absolute atomic E-state index is 0.0144. The lowest BCUT2D eigenvalue weighted by Gasteiger charge is -2.10. The number of alkyl halides is 3. The molecule has 0 bridgehead atoms. The van der Waals surface area contributed by atoms with Gasteiger partial charge in [-0.2, -0.15) is 0 Å². The molecule has 0 atom stereocenters. The summed E-state index contributed by atoms with van der Waals surface area (Å²) < 4.78 is 66.8. The Morgan fingerprint density at radius 3 is 2.52 bits per heavy atom. The molecule has 0 saturated carbocycles. The van der Waals surface area contributed by atoms with Crippen LogP contribution in [0.3, 0.4) is 0 Å². The van der Waals surface area contributed by atoms with Gasteiger partial charge in [0.1, 0.15) is 11.4 Å². The highest BCUT2D eigenvalue weighted by molar-refractivity contribution is 7.89. The molecule has 0 aliphatic carbocycles. The van der Waals surface area contributed by atoms with Gasteiger partial charge in [0, 0.05) is 17.3 Å². The molecule has 0 aliphatic rings. The van der Waals surface area contributed by atoms with E-state index in [0.29, 0.717) is 11.3 Å². The predicted molar refractivity (Wildman–Crippen MR) is 83.2 cm³/mol. The van der Waals surface area contributed by atoms with E-state index in [1.165, 1.54) is 0 Å². The van der Waals surface area contributed by atoms with Crippen LogP contribution in [-0.4, -0.2) is 24.7 Å². The highest BCUT2D eigenvalue weighted by Gasteiger charge is 2.31. The molecule has 25 heavy (non-hydrogen) atoms. The predicted octanol–water partition coefficient (Wildman–Crippen LogP) is 2.94. The van der Waals surface area contributed by atoms with Gasteiger partial charge in [-0.05, 0) is 42.5 Å². The van der Waals surface area contributed by atoms with Crippen LogP contribution in [0.15, 0.2) is 53.6 Å². The Hall–Kier alpha value is -2.59. The lowest BCUT2D eigenvalue weighted by Crippen LogP contribution is -2.23. The lowest BCUT2D eigenvalue weighted by atomic mass is 10.3. The molecule has 0 unspecified atom stereocenters. The smallest absolute Gasteiger partial charge is 0.406 e. The monoisotopic (exact) mass is 371 g/mol. The van der Waals surface area contributed by atoms with E-state index in [1.807, 2.05) is 6.07 Å². The SMILES string of the molecule is O=S(=O)(NCc1cc2cccnc2[nH]1)c1ccc(OC(F)(F)F)cc1. The minimum Gasteiger partial charge on any atom is -0.406 e. The zero-order valence-electron chi connectivity index (χ0n) is 12.5. The first kappa shape index (κ1) is 17.2. The van der Waals surface area contributed by atoms with E-state index in [9.17, 15) is 21.6 Å². The largest absolute Gasteiger partial charge is 0.573 e. The summed E-state index contributed by atoms with van der Waals surface area (Å²) in [6.45, 7) is -0.0144. The third kappa shape index (κ3) is 4.28. The van der Waals surface area contributed by atoms with Gasteiger partial charge >= 0.3 is 6.36 Å². The van der Waals surface area contributed by atoms with E-state index in [2.05, 4.69) is 19.4 Å². The maximum atomic E-state index is 12.2. The molecule has 2 heterocycles. The number of aromatic nitrogens is 2. The van der Waals surface area contributed by atoms with Crippen molar-refractivity contribution in [2.75, 3.05) is 0 Å². The van der Waals surface area contributed by atoms with Gasteiger partial charge in [0.25, 0.3) is 0 Å². The summed E-state index contributed by atoms with van der Waals surface area (Å²) in [7, 11) is -3.88. The molecule has 132 valence electrons. The van der Waals surface area contributed by atoms with Crippen LogP contribution in [0.5, 0.6) is 5.75 Å². The van der Waals surface area contributed by atoms with E-state index in [4.69, 9.17) is 0 Å². The number of fused-ring (bicyclic) bond motifs is 1. The third-order valence-electron chi connectivity index (χ3n) is 3.27. The molecule has 3 aromatic rings. The van der Waals surface area contributed by atoms with Gasteiger partial charge in [-0.1, -0.05) is 0 Å². The van der Waals surface area contributed by atoms with Gasteiger partial charge in [-0.3, -0.25) is 0 Å². The average Bonchev–Trinajstić information content (AvgIpc) is 2.95. The summed E-state index contributed by atoms with van der Waals surface area (Å²) in [6.07, 6.45) is -3.22. The number of benzene rings is 1. The number of halogens is 3. The Kier molecular flexibility index (Phi) is 4.39. The highest BCUT2D eigenvalue weighted by Crippen LogP contribution is 2.24. The third-order valence-corrected chi connectivity index (χ3v) is 4.69. The van der Waals surface area contributed by atoms with Gasteiger partial charge in [-0.25, -0.2) is 18.1 Å². The molecule has 0 radical (unpaired) electrons. The second-order valence-corrected chi connectivity index (χ2v) is 6.85. The van der Waals surface area contributed by atoms with Crippen LogP contribution in [0.25, 0.3) is 11.0 Å². The maximum Gasteiger partial charge on any atom is 0.573 e. The fraction of sp³-hybridized carbons (Fsp3) is 0.133. The molecule has 0 amide bonds. The number of pyridine rings is 1. The number of hydrogen-bond acceptors (Lipinski definition) is 4. The van der Waals surface area contributed by atoms with Gasteiger partial charge in [-0.15, -0.1) is 13.2 Å². The van der Waals surface area contributed by atoms with Crippen molar-refractivity contribution in [2.45, 2.75) is 17.8 Å². The molecule has 2 N–H and O–H groups in total. The van der Waals surface area contributed by atoms with Gasteiger partial charge in [0.2, 0.25) is 10.0 Å². The molecule has 0 fully saturated rings. The van der Waals surface area contributed by atoms with Crippen LogP contribution < -0.4 is 9.46 Å². The molecule has 0 aliphatic heterocycles. The van der Waals surface area contributed by atoms with Crippen LogP contribution in [-0.2, 0) is 16.6 Å². The van der Waals surface area contributed by atoms with E-state index in [0.717, 1.165) is 29.7 Å². The Labute approximate surface area is 140 Å². The van der Waals surface area contributed by atoms with E-state index >= 15 is 0 Å². The van der Waals surface area contributed by atoms with Crippen LogP contribution in [0.2, 0.25) is 0 Å². The molecule has 2 aromatic heterocycles. The summed E-state index contributed by atoms with van der Waals surface area (Å²) in [4.78, 5) is 6.91. The molecule has 3 rings (SSSR count). The summed E-state index contributed by atoms with van der Waals surface area (Å²) in [5.41, 5.74) is 1.24. The maximum absolute atomic E-state index is 12.2. The van der Waals surface area contributed by atoms with Crippen molar-refractivity contribution in [3.63, 3.8) is 0 Å². The number of ether oxygens (including phenoxy) is 1. The first-order chi connectivity index (χ1) is 11.7. The van der Waals surface area contributed by atoms with Crippen molar-refractivity contribution < 1.29 is 26.3 Å². The van der Waals surface area contributed by atoms with Crippen molar-refractivity contribution >= 4 is 21.1 Å². The number of rotatable bonds is 5. The molecular weight excluding hydrogens is 359 g/mol. The first-order valence-corrected chi connectivity index (χ1v) is 8.49. The van der Waals surface area contributed by atoms with Crippen molar-refractivity contribution in [1.29, 1.82) is 0 Å². The second kappa shape index (κ2) is 6.37. The van der Waals surface area contributed by atoms with E-state index in [-0.39, 0.29) is 11.4 Å². The molecule has 0 spiro atoms. The quantitative estimate of drug-likeness (QED) is 0.722. The van der Waals surface area contributed by atoms with E-state index < -0.39 is 22.1 Å². The van der Waals surface area contributed by atoms with Gasteiger partial charge in [0.05, 0.1) is 11.4 Å². The summed E-state index contributed by atoms with van der Waals surface area (Å²) in [5, 5.41) is 0.838. The summed E-state index contributed by atoms with van der Waals surface area (Å²) in [5.74, 6) is -0.492. The summed E-state index contributed by atoms with van der Waals surface area (Å²) in [6, 6.07) is 9.30. The Morgan fingerprint density at radius 1 is 1.16 bits per heavy atom. The first-order valence-electron chi connectivity index (χ1n) is 7.01. The number of aromatic amines is 1. The summed E-state index contributed by atoms with van der Waals surface area (Å²) >= 11 is 0. The van der Waals surface area contributed by atoms with E-state index in [1.54, 1.807) is 18.3 Å². The molecule has 0 saturated heterocycles. The zero-order valence-corrected chi connectivity index (χ0v) is 13.4. The molecule has 10 heteroatoms. The molecule has 1 aromatic carbocycles. The fourth-order valence-electron chi connectivity index (χ4n) is 2.19. The Bertz CT molecular complexity index is 949. The average molecular weight is 371 g/mol. The fourth-order valence-corrected chi connectivity index (χ4v) is 3.19. The van der Waals surface area contributed by atoms with Crippen LogP contribution >= 0.6 is 0 Å². The van der Waals surface area contributed by atoms with Crippen molar-refractivity contribution in [1.82, 2.24) is 14.7 Å². The number of nitrogens with one attached hydrogen (secondary N) is 2. The number of H-pyrrole nitrogens is 1. The Morgan fingerprint density at radius 2 is 1.88 bits per heavy atom. The second-order valence-electron chi connectivity index (χ2n) is 5.08. The topological polar surface area (TPSA) is 84.1 Å². The van der Waals surface area contributed by atoms with Crippen molar-refractivity contribution in [3.8, 4) is 5.75 Å². The van der Waals surface area contributed by atoms with Crippen molar-refractivity contribution in [3.05, 3.63) is 54.4 Å². The molecule has 6 nitrogen and oxygen atoms in total. The van der Waals surface area contributed by atoms with Crippen molar-refractivity contribution in [2.24, 2.45) is 0 Å². The number of nitrogens with zero attached hydrogens (tertiary/aromatic N) is 1. The zero-order chi connectivity index (χ0) is 18.1. The number of sulfonamides is 1. The number of hydrogen-bond donors (Lipinski definition) is 2. The highest BCUT2D eigenvalue weighted by atomic mass is 32.2. The normalized spacial score (nSPS) is 12.4. The standard InChI is InChI=1S/C15H12F3N3O3S/c16-15(17,18)24-12-3-5-13(6-4-12)25(22,23)20-9-11-8-10-2-1-7-19-14(10)21-11/h1-8,20H,9H2,(H,19,21). The molecular formula is C15H12F3N3O3S. The van der Waals surface area contributed by atoms with Gasteiger partial charge < -0.3 is 9.72 Å². The van der Waals surface area contributed by atoms with Gasteiger partial charge in [0.15, 0.2) is 0 Å². The van der Waals surface area contributed by atoms with Crippen LogP contribution in [0.1, 0.15) is 5.69 Å². The minimum atomic E-state index is -4.83. The van der Waals surface area contributed by atoms with Crippen LogP contribution in [0.4, 0.5) is 13.2 Å². The lowest BCUT2D eigenvalue weighted by molar-refractivity contribution is -0.274.